The zero-order valence-corrected chi connectivity index (χ0v) is 20.8. The molecule has 0 saturated heterocycles. The SMILES string of the molecule is COCCn1c(SC(C)C(=O)Nc2cccc3ncccc23)nc2sc3c(c2c1=O)CCCC3. The van der Waals surface area contributed by atoms with E-state index >= 15 is 0 Å². The Labute approximate surface area is 205 Å². The number of fused-ring (bicyclic) bond motifs is 4. The number of methoxy groups -OCH3 is 1. The van der Waals surface area contributed by atoms with Crippen LogP contribution >= 0.6 is 23.1 Å². The predicted octanol–water partition coefficient (Wildman–Crippen LogP) is 4.65. The van der Waals surface area contributed by atoms with Gasteiger partial charge in [0.1, 0.15) is 4.83 Å². The molecule has 1 aliphatic rings. The first-order valence-electron chi connectivity index (χ1n) is 11.4. The van der Waals surface area contributed by atoms with Crippen molar-refractivity contribution in [2.24, 2.45) is 0 Å². The van der Waals surface area contributed by atoms with E-state index in [0.717, 1.165) is 46.8 Å². The first kappa shape index (κ1) is 23.0. The van der Waals surface area contributed by atoms with Crippen molar-refractivity contribution < 1.29 is 9.53 Å². The summed E-state index contributed by atoms with van der Waals surface area (Å²) in [5.74, 6) is -0.153. The topological polar surface area (TPSA) is 86.1 Å². The van der Waals surface area contributed by atoms with Crippen LogP contribution in [0.2, 0.25) is 0 Å². The summed E-state index contributed by atoms with van der Waals surface area (Å²) in [7, 11) is 1.62. The van der Waals surface area contributed by atoms with Gasteiger partial charge in [0.05, 0.1) is 35.0 Å². The van der Waals surface area contributed by atoms with Gasteiger partial charge in [0.25, 0.3) is 5.56 Å². The number of hydrogen-bond acceptors (Lipinski definition) is 7. The molecule has 0 spiro atoms. The third-order valence-corrected chi connectivity index (χ3v) is 8.39. The van der Waals surface area contributed by atoms with Crippen LogP contribution in [0.15, 0.2) is 46.5 Å². The number of carbonyl (C=O) groups excluding carboxylic acids is 1. The van der Waals surface area contributed by atoms with Gasteiger partial charge in [-0.05, 0) is 62.4 Å². The van der Waals surface area contributed by atoms with Crippen LogP contribution in [0.5, 0.6) is 0 Å². The molecule has 5 rings (SSSR count). The average molecular weight is 495 g/mol. The predicted molar refractivity (Wildman–Crippen MR) is 138 cm³/mol. The lowest BCUT2D eigenvalue weighted by molar-refractivity contribution is -0.115. The quantitative estimate of drug-likeness (QED) is 0.297. The van der Waals surface area contributed by atoms with Gasteiger partial charge in [-0.2, -0.15) is 0 Å². The van der Waals surface area contributed by atoms with Crippen molar-refractivity contribution in [3.05, 3.63) is 57.3 Å². The summed E-state index contributed by atoms with van der Waals surface area (Å²) < 4.78 is 6.93. The van der Waals surface area contributed by atoms with E-state index in [0.29, 0.717) is 24.0 Å². The van der Waals surface area contributed by atoms with E-state index in [1.54, 1.807) is 29.2 Å². The Morgan fingerprint density at radius 1 is 1.26 bits per heavy atom. The molecule has 0 bridgehead atoms. The molecule has 0 aliphatic heterocycles. The lowest BCUT2D eigenvalue weighted by Gasteiger charge is -2.16. The molecule has 7 nitrogen and oxygen atoms in total. The first-order valence-corrected chi connectivity index (χ1v) is 13.1. The highest BCUT2D eigenvalue weighted by atomic mass is 32.2. The molecule has 1 aromatic carbocycles. The number of thiophene rings is 1. The number of nitrogens with zero attached hydrogens (tertiary/aromatic N) is 3. The maximum absolute atomic E-state index is 13.5. The van der Waals surface area contributed by atoms with E-state index in [4.69, 9.17) is 9.72 Å². The number of ether oxygens (including phenoxy) is 1. The second-order valence-electron chi connectivity index (χ2n) is 8.36. The minimum absolute atomic E-state index is 0.0308. The maximum Gasteiger partial charge on any atom is 0.263 e. The van der Waals surface area contributed by atoms with Crippen LogP contribution in [-0.4, -0.2) is 39.4 Å². The zero-order chi connectivity index (χ0) is 23.7. The Balaban J connectivity index is 1.46. The molecule has 0 saturated carbocycles. The summed E-state index contributed by atoms with van der Waals surface area (Å²) in [4.78, 5) is 37.9. The van der Waals surface area contributed by atoms with Crippen LogP contribution in [0.3, 0.4) is 0 Å². The van der Waals surface area contributed by atoms with Crippen molar-refractivity contribution in [2.45, 2.75) is 49.6 Å². The smallest absolute Gasteiger partial charge is 0.263 e. The van der Waals surface area contributed by atoms with Crippen molar-refractivity contribution in [3.63, 3.8) is 0 Å². The molecule has 4 aromatic rings. The summed E-state index contributed by atoms with van der Waals surface area (Å²) >= 11 is 2.93. The fourth-order valence-electron chi connectivity index (χ4n) is 4.35. The van der Waals surface area contributed by atoms with Crippen LogP contribution in [0.4, 0.5) is 5.69 Å². The van der Waals surface area contributed by atoms with Gasteiger partial charge in [0.15, 0.2) is 5.16 Å². The van der Waals surface area contributed by atoms with Crippen LogP contribution in [0.25, 0.3) is 21.1 Å². The molecule has 176 valence electrons. The van der Waals surface area contributed by atoms with E-state index in [-0.39, 0.29) is 11.5 Å². The van der Waals surface area contributed by atoms with Gasteiger partial charge >= 0.3 is 0 Å². The third kappa shape index (κ3) is 4.35. The van der Waals surface area contributed by atoms with Crippen LogP contribution < -0.4 is 10.9 Å². The Morgan fingerprint density at radius 2 is 2.12 bits per heavy atom. The highest BCUT2D eigenvalue weighted by molar-refractivity contribution is 8.00. The van der Waals surface area contributed by atoms with Gasteiger partial charge in [0, 0.05) is 23.6 Å². The number of aryl methyl sites for hydroxylation is 2. The van der Waals surface area contributed by atoms with Gasteiger partial charge in [-0.1, -0.05) is 17.8 Å². The molecule has 1 aliphatic carbocycles. The summed E-state index contributed by atoms with van der Waals surface area (Å²) in [6.07, 6.45) is 5.93. The molecular weight excluding hydrogens is 468 g/mol. The number of amides is 1. The Morgan fingerprint density at radius 3 is 2.97 bits per heavy atom. The molecule has 0 fully saturated rings. The first-order chi connectivity index (χ1) is 16.6. The molecule has 1 amide bonds. The number of rotatable bonds is 7. The Bertz CT molecular complexity index is 1420. The Hall–Kier alpha value is -2.75. The van der Waals surface area contributed by atoms with Crippen LogP contribution in [0, 0.1) is 0 Å². The van der Waals surface area contributed by atoms with E-state index in [2.05, 4.69) is 10.3 Å². The number of carbonyl (C=O) groups is 1. The van der Waals surface area contributed by atoms with Crippen molar-refractivity contribution in [2.75, 3.05) is 19.0 Å². The van der Waals surface area contributed by atoms with Gasteiger partial charge in [0.2, 0.25) is 5.91 Å². The summed E-state index contributed by atoms with van der Waals surface area (Å²) in [5.41, 5.74) is 2.68. The van der Waals surface area contributed by atoms with E-state index < -0.39 is 5.25 Å². The van der Waals surface area contributed by atoms with Gasteiger partial charge in [-0.25, -0.2) is 4.98 Å². The number of anilines is 1. The molecule has 3 aromatic heterocycles. The van der Waals surface area contributed by atoms with E-state index in [1.807, 2.05) is 37.3 Å². The van der Waals surface area contributed by atoms with Crippen LogP contribution in [-0.2, 0) is 28.9 Å². The normalized spacial score (nSPS) is 14.3. The van der Waals surface area contributed by atoms with E-state index in [1.165, 1.54) is 22.2 Å². The lowest BCUT2D eigenvalue weighted by atomic mass is 9.97. The molecule has 1 atom stereocenters. The Kier molecular flexibility index (Phi) is 6.67. The largest absolute Gasteiger partial charge is 0.383 e. The number of hydrogen-bond donors (Lipinski definition) is 1. The van der Waals surface area contributed by atoms with Crippen molar-refractivity contribution in [1.29, 1.82) is 0 Å². The second-order valence-corrected chi connectivity index (χ2v) is 10.8. The summed E-state index contributed by atoms with van der Waals surface area (Å²) in [5, 5.41) is 4.75. The molecule has 1 N–H and O–H groups in total. The third-order valence-electron chi connectivity index (χ3n) is 6.11. The lowest BCUT2D eigenvalue weighted by Crippen LogP contribution is -2.28. The summed E-state index contributed by atoms with van der Waals surface area (Å²) in [6, 6.07) is 9.45. The number of aromatic nitrogens is 3. The molecule has 9 heteroatoms. The average Bonchev–Trinajstić information content (AvgIpc) is 3.22. The molecule has 1 unspecified atom stereocenters. The number of thioether (sulfide) groups is 1. The van der Waals surface area contributed by atoms with Crippen molar-refractivity contribution in [3.8, 4) is 0 Å². The number of benzene rings is 1. The highest BCUT2D eigenvalue weighted by Crippen LogP contribution is 2.35. The molecule has 3 heterocycles. The molecule has 34 heavy (non-hydrogen) atoms. The zero-order valence-electron chi connectivity index (χ0n) is 19.2. The van der Waals surface area contributed by atoms with Gasteiger partial charge in [-0.3, -0.25) is 19.1 Å². The minimum Gasteiger partial charge on any atom is -0.383 e. The van der Waals surface area contributed by atoms with Gasteiger partial charge < -0.3 is 10.1 Å². The second kappa shape index (κ2) is 9.85. The fourth-order valence-corrected chi connectivity index (χ4v) is 6.59. The molecular formula is C25H26N4O3S2. The van der Waals surface area contributed by atoms with Gasteiger partial charge in [-0.15, -0.1) is 11.3 Å². The fraction of sp³-hybridized carbons (Fsp3) is 0.360. The number of nitrogens with one attached hydrogen (secondary N) is 1. The van der Waals surface area contributed by atoms with Crippen molar-refractivity contribution in [1.82, 2.24) is 14.5 Å². The van der Waals surface area contributed by atoms with E-state index in [9.17, 15) is 9.59 Å². The van der Waals surface area contributed by atoms with Crippen LogP contribution in [0.1, 0.15) is 30.2 Å². The molecule has 0 radical (unpaired) electrons. The standard InChI is InChI=1S/C25H26N4O3S2/c1-15(22(30)27-19-10-5-9-18-16(19)8-6-12-26-18)33-25-28-23-21(24(31)29(25)13-14-32-2)17-7-3-4-11-20(17)34-23/h5-6,8-10,12,15H,3-4,7,11,13-14H2,1-2H3,(H,27,30). The monoisotopic (exact) mass is 494 g/mol. The number of pyridine rings is 1. The summed E-state index contributed by atoms with van der Waals surface area (Å²) in [6.45, 7) is 2.63. The maximum atomic E-state index is 13.5. The van der Waals surface area contributed by atoms with Crippen molar-refractivity contribution >= 4 is 55.8 Å². The minimum atomic E-state index is -0.459. The highest BCUT2D eigenvalue weighted by Gasteiger charge is 2.24.